The Morgan fingerprint density at radius 3 is 2.48 bits per heavy atom. The number of esters is 1. The Labute approximate surface area is 272 Å². The third-order valence-electron chi connectivity index (χ3n) is 8.11. The molecule has 3 aliphatic rings. The summed E-state index contributed by atoms with van der Waals surface area (Å²) < 4.78 is 37.0. The molecule has 18 heteroatoms. The van der Waals surface area contributed by atoms with Crippen LogP contribution in [0.1, 0.15) is 61.9 Å². The molecule has 5 rings (SSSR count). The van der Waals surface area contributed by atoms with Gasteiger partial charge in [0.15, 0.2) is 11.5 Å². The maximum absolute atomic E-state index is 12.6. The zero-order valence-electron chi connectivity index (χ0n) is 26.9. The number of fused-ring (bicyclic) bond motifs is 2. The Kier molecular flexibility index (Phi) is 10.6. The Morgan fingerprint density at radius 2 is 1.73 bits per heavy atom. The molecule has 258 valence electrons. The molecule has 17 nitrogen and oxygen atoms in total. The number of aryl methyl sites for hydroxylation is 4. The standard InChI is InChI=1S/C30H37N6O11P/c1-16-11-20-21(12-17(16)2)35(26-25(31-20)28(39)33-29(40)32-26)9-7-5-6-8-10-44-48(42,43)45-15-23-22(46-19(4)37)13-24(47-23)36-14-18(3)27(38)34-30(36)41/h11-12,14,22-24H,5-10,13,15H2,1-4H3,(H,42,43)(H,33,39,40)(H,34,38,41)/t22-,23+,24+/m0/s1. The highest BCUT2D eigenvalue weighted by Crippen LogP contribution is 2.44. The van der Waals surface area contributed by atoms with Gasteiger partial charge in [-0.3, -0.25) is 38.0 Å². The molecule has 0 bridgehead atoms. The first-order chi connectivity index (χ1) is 22.7. The van der Waals surface area contributed by atoms with Gasteiger partial charge in [0.2, 0.25) is 0 Å². The minimum atomic E-state index is -4.52. The van der Waals surface area contributed by atoms with Crippen LogP contribution in [0.25, 0.3) is 22.6 Å². The molecular weight excluding hydrogens is 651 g/mol. The van der Waals surface area contributed by atoms with Crippen molar-refractivity contribution >= 4 is 24.8 Å². The second kappa shape index (κ2) is 14.5. The summed E-state index contributed by atoms with van der Waals surface area (Å²) in [5.41, 5.74) is 1.13. The van der Waals surface area contributed by atoms with Crippen molar-refractivity contribution < 1.29 is 32.8 Å². The number of unbranched alkanes of at least 4 members (excludes halogenated alkanes) is 3. The maximum atomic E-state index is 12.6. The third-order valence-corrected chi connectivity index (χ3v) is 9.10. The van der Waals surface area contributed by atoms with Gasteiger partial charge < -0.3 is 18.9 Å². The van der Waals surface area contributed by atoms with Crippen LogP contribution < -0.4 is 22.5 Å². The van der Waals surface area contributed by atoms with Crippen LogP contribution in [0.2, 0.25) is 0 Å². The average Bonchev–Trinajstić information content (AvgIpc) is 3.39. The monoisotopic (exact) mass is 688 g/mol. The molecule has 0 radical (unpaired) electrons. The predicted octanol–water partition coefficient (Wildman–Crippen LogP) is 1.97. The average molecular weight is 689 g/mol. The largest absolute Gasteiger partial charge is 0.472 e. The zero-order chi connectivity index (χ0) is 34.7. The second-order valence-corrected chi connectivity index (χ2v) is 13.2. The van der Waals surface area contributed by atoms with Gasteiger partial charge in [0.25, 0.3) is 11.1 Å². The van der Waals surface area contributed by atoms with Crippen LogP contribution >= 0.6 is 7.82 Å². The van der Waals surface area contributed by atoms with Crippen molar-refractivity contribution in [2.75, 3.05) is 13.2 Å². The van der Waals surface area contributed by atoms with E-state index in [1.54, 1.807) is 0 Å². The van der Waals surface area contributed by atoms with Crippen molar-refractivity contribution in [1.82, 2.24) is 29.1 Å². The fourth-order valence-electron chi connectivity index (χ4n) is 5.55. The summed E-state index contributed by atoms with van der Waals surface area (Å²) in [7, 11) is -4.52. The van der Waals surface area contributed by atoms with Gasteiger partial charge in [-0.05, 0) is 56.9 Å². The second-order valence-electron chi connectivity index (χ2n) is 11.7. The molecule has 48 heavy (non-hydrogen) atoms. The summed E-state index contributed by atoms with van der Waals surface area (Å²) in [4.78, 5) is 83.3. The zero-order valence-corrected chi connectivity index (χ0v) is 27.8. The molecule has 0 saturated carbocycles. The molecule has 1 fully saturated rings. The lowest BCUT2D eigenvalue weighted by Gasteiger charge is -2.20. The van der Waals surface area contributed by atoms with E-state index < -0.39 is 61.3 Å². The fourth-order valence-corrected chi connectivity index (χ4v) is 6.31. The number of hydrogen-bond donors (Lipinski definition) is 3. The number of phosphoric acid groups is 1. The smallest absolute Gasteiger partial charge is 0.460 e. The summed E-state index contributed by atoms with van der Waals surface area (Å²) in [5, 5.41) is 0. The van der Waals surface area contributed by atoms with Crippen LogP contribution in [0.5, 0.6) is 0 Å². The summed E-state index contributed by atoms with van der Waals surface area (Å²) in [6.45, 7) is 6.53. The van der Waals surface area contributed by atoms with Crippen LogP contribution in [0, 0.1) is 20.8 Å². The van der Waals surface area contributed by atoms with Crippen LogP contribution in [0.4, 0.5) is 0 Å². The van der Waals surface area contributed by atoms with Gasteiger partial charge >= 0.3 is 25.2 Å². The van der Waals surface area contributed by atoms with Crippen LogP contribution in [-0.2, 0) is 34.4 Å². The number of phosphoric ester groups is 1. The van der Waals surface area contributed by atoms with Crippen molar-refractivity contribution in [3.8, 4) is 11.5 Å². The van der Waals surface area contributed by atoms with Crippen molar-refractivity contribution in [2.45, 2.75) is 84.8 Å². The van der Waals surface area contributed by atoms with Crippen LogP contribution in [0.15, 0.2) is 37.5 Å². The predicted molar refractivity (Wildman–Crippen MR) is 171 cm³/mol. The summed E-state index contributed by atoms with van der Waals surface area (Å²) in [6, 6.07) is 3.84. The molecule has 1 unspecified atom stereocenters. The van der Waals surface area contributed by atoms with Gasteiger partial charge in [-0.15, -0.1) is 0 Å². The number of hydrogen-bond acceptors (Lipinski definition) is 12. The van der Waals surface area contributed by atoms with E-state index >= 15 is 0 Å². The quantitative estimate of drug-likeness (QED) is 0.0791. The number of H-pyrrole nitrogens is 2. The first-order valence-electron chi connectivity index (χ1n) is 15.4. The number of nitrogens with one attached hydrogen (secondary N) is 2. The van der Waals surface area contributed by atoms with Crippen molar-refractivity contribution in [3.05, 3.63) is 76.7 Å². The molecule has 2 aromatic rings. The van der Waals surface area contributed by atoms with E-state index in [1.807, 2.05) is 30.5 Å². The third kappa shape index (κ3) is 8.05. The molecule has 1 saturated heterocycles. The van der Waals surface area contributed by atoms with Gasteiger partial charge in [-0.2, -0.15) is 4.98 Å². The Morgan fingerprint density at radius 1 is 1.00 bits per heavy atom. The lowest BCUT2D eigenvalue weighted by Crippen LogP contribution is -2.33. The van der Waals surface area contributed by atoms with Gasteiger partial charge in [0.05, 0.1) is 24.2 Å². The highest BCUT2D eigenvalue weighted by molar-refractivity contribution is 7.47. The van der Waals surface area contributed by atoms with Crippen molar-refractivity contribution in [1.29, 1.82) is 0 Å². The summed E-state index contributed by atoms with van der Waals surface area (Å²) in [6.07, 6.45) is 0.985. The fraction of sp³-hybridized carbons (Fsp3) is 0.500. The number of benzene rings is 1. The molecule has 0 aliphatic carbocycles. The first-order valence-corrected chi connectivity index (χ1v) is 16.9. The number of carbonyl (C=O) groups is 1. The molecule has 3 aliphatic heterocycles. The SMILES string of the molecule is CC(=O)O[C@H]1C[C@H](n2cc(C)c(=O)[nH]c2=O)O[C@@H]1COP(=O)(O)OCCCCCCn1c2nc(=O)[nH]c(=O)c-2nc2cc(C)c(C)cc21. The summed E-state index contributed by atoms with van der Waals surface area (Å²) in [5.74, 6) is -0.410. The van der Waals surface area contributed by atoms with Crippen LogP contribution in [0.3, 0.4) is 0 Å². The number of rotatable bonds is 13. The van der Waals surface area contributed by atoms with Gasteiger partial charge in [-0.1, -0.05) is 12.8 Å². The number of nitrogens with zero attached hydrogens (tertiary/aromatic N) is 4. The van der Waals surface area contributed by atoms with Crippen LogP contribution in [-0.4, -0.2) is 65.4 Å². The molecule has 3 N–H and O–H groups in total. The topological polar surface area (TPSA) is 227 Å². The van der Waals surface area contributed by atoms with E-state index in [0.29, 0.717) is 37.7 Å². The van der Waals surface area contributed by atoms with E-state index in [-0.39, 0.29) is 30.1 Å². The highest BCUT2D eigenvalue weighted by atomic mass is 31.2. The Hall–Kier alpha value is -4.28. The number of carbonyl (C=O) groups excluding carboxylic acids is 1. The molecular formula is C30H37N6O11P. The maximum Gasteiger partial charge on any atom is 0.472 e. The molecule has 1 aromatic carbocycles. The van der Waals surface area contributed by atoms with E-state index in [1.165, 1.54) is 20.0 Å². The molecule has 4 heterocycles. The first kappa shape index (κ1) is 35.0. The minimum Gasteiger partial charge on any atom is -0.460 e. The van der Waals surface area contributed by atoms with E-state index in [2.05, 4.69) is 19.9 Å². The van der Waals surface area contributed by atoms with E-state index in [0.717, 1.165) is 21.2 Å². The normalized spacial score (nSPS) is 19.1. The molecule has 1 aromatic heterocycles. The molecule has 0 amide bonds. The minimum absolute atomic E-state index is 0.0445. The Bertz CT molecular complexity index is 2090. The van der Waals surface area contributed by atoms with Crippen molar-refractivity contribution in [3.63, 3.8) is 0 Å². The lowest BCUT2D eigenvalue weighted by molar-refractivity contribution is -0.150. The van der Waals surface area contributed by atoms with E-state index in [4.69, 9.17) is 18.5 Å². The molecule has 0 spiro atoms. The van der Waals surface area contributed by atoms with Crippen molar-refractivity contribution in [2.24, 2.45) is 0 Å². The number of aromatic nitrogens is 6. The van der Waals surface area contributed by atoms with E-state index in [9.17, 15) is 33.4 Å². The Balaban J connectivity index is 1.13. The molecule has 4 atom stereocenters. The van der Waals surface area contributed by atoms with Gasteiger partial charge in [0, 0.05) is 31.6 Å². The highest BCUT2D eigenvalue weighted by Gasteiger charge is 2.40. The van der Waals surface area contributed by atoms with Gasteiger partial charge in [0.1, 0.15) is 18.4 Å². The number of aromatic amines is 2. The summed E-state index contributed by atoms with van der Waals surface area (Å²) >= 11 is 0. The lowest BCUT2D eigenvalue weighted by atomic mass is 10.1. The van der Waals surface area contributed by atoms with Gasteiger partial charge in [-0.25, -0.2) is 19.1 Å². The number of ether oxygens (including phenoxy) is 2.